The summed E-state index contributed by atoms with van der Waals surface area (Å²) in [6.07, 6.45) is 1.46. The molecule has 0 bridgehead atoms. The fourth-order valence-electron chi connectivity index (χ4n) is 1.48. The van der Waals surface area contributed by atoms with E-state index in [9.17, 15) is 9.59 Å². The summed E-state index contributed by atoms with van der Waals surface area (Å²) in [7, 11) is 0. The van der Waals surface area contributed by atoms with Gasteiger partial charge in [-0.05, 0) is 13.3 Å². The van der Waals surface area contributed by atoms with Crippen LogP contribution in [0.15, 0.2) is 5.16 Å². The molecule has 0 aromatic heterocycles. The second kappa shape index (κ2) is 9.26. The number of rotatable bonds is 8. The van der Waals surface area contributed by atoms with Gasteiger partial charge in [0.15, 0.2) is 5.84 Å². The molecule has 0 aromatic rings. The summed E-state index contributed by atoms with van der Waals surface area (Å²) in [4.78, 5) is 22.9. The molecule has 0 heterocycles. The number of carbonyl (C=O) groups is 2. The van der Waals surface area contributed by atoms with Gasteiger partial charge in [-0.25, -0.2) is 0 Å². The molecule has 7 heteroatoms. The van der Waals surface area contributed by atoms with Crippen molar-refractivity contribution in [2.24, 2.45) is 16.8 Å². The number of amides is 2. The van der Waals surface area contributed by atoms with E-state index in [1.165, 1.54) is 0 Å². The van der Waals surface area contributed by atoms with Crippen molar-refractivity contribution < 1.29 is 14.8 Å². The van der Waals surface area contributed by atoms with E-state index in [-0.39, 0.29) is 30.6 Å². The molecule has 1 unspecified atom stereocenters. The lowest BCUT2D eigenvalue weighted by molar-refractivity contribution is -0.123. The molecule has 0 aliphatic carbocycles. The van der Waals surface area contributed by atoms with Crippen LogP contribution in [0, 0.1) is 5.92 Å². The predicted octanol–water partition coefficient (Wildman–Crippen LogP) is -0.208. The first-order valence-corrected chi connectivity index (χ1v) is 6.08. The minimum Gasteiger partial charge on any atom is -0.409 e. The Hall–Kier alpha value is -1.79. The van der Waals surface area contributed by atoms with Crippen LogP contribution in [-0.2, 0) is 9.59 Å². The Morgan fingerprint density at radius 3 is 2.50 bits per heavy atom. The van der Waals surface area contributed by atoms with E-state index in [0.717, 1.165) is 6.42 Å². The lowest BCUT2D eigenvalue weighted by atomic mass is 10.0. The number of nitrogens with one attached hydrogen (secondary N) is 2. The van der Waals surface area contributed by atoms with Gasteiger partial charge in [0.05, 0.1) is 5.92 Å². The average molecular weight is 258 g/mol. The van der Waals surface area contributed by atoms with Gasteiger partial charge < -0.3 is 21.6 Å². The molecule has 0 aliphatic rings. The third-order valence-corrected chi connectivity index (χ3v) is 2.39. The van der Waals surface area contributed by atoms with Crippen molar-refractivity contribution in [2.45, 2.75) is 33.1 Å². The number of nitrogens with zero attached hydrogens (tertiary/aromatic N) is 1. The zero-order valence-electron chi connectivity index (χ0n) is 10.9. The first-order valence-electron chi connectivity index (χ1n) is 6.08. The lowest BCUT2D eigenvalue weighted by Crippen LogP contribution is -2.40. The second-order valence-corrected chi connectivity index (χ2v) is 3.86. The molecule has 0 radical (unpaired) electrons. The van der Waals surface area contributed by atoms with Gasteiger partial charge in [-0.3, -0.25) is 9.59 Å². The van der Waals surface area contributed by atoms with Crippen LogP contribution in [0.5, 0.6) is 0 Å². The number of nitrogens with two attached hydrogens (primary N) is 1. The highest BCUT2D eigenvalue weighted by atomic mass is 16.4. The molecule has 104 valence electrons. The van der Waals surface area contributed by atoms with E-state index in [4.69, 9.17) is 10.9 Å². The zero-order chi connectivity index (χ0) is 14.0. The van der Waals surface area contributed by atoms with Crippen molar-refractivity contribution in [1.29, 1.82) is 0 Å². The fraction of sp³-hybridized carbons (Fsp3) is 0.727. The third kappa shape index (κ3) is 6.07. The van der Waals surface area contributed by atoms with Crippen molar-refractivity contribution in [1.82, 2.24) is 10.6 Å². The van der Waals surface area contributed by atoms with Crippen LogP contribution in [0.3, 0.4) is 0 Å². The molecule has 0 fully saturated rings. The molecular formula is C11H22N4O3. The van der Waals surface area contributed by atoms with E-state index in [1.807, 2.05) is 13.8 Å². The molecule has 7 nitrogen and oxygen atoms in total. The Labute approximate surface area is 107 Å². The molecule has 0 saturated heterocycles. The summed E-state index contributed by atoms with van der Waals surface area (Å²) >= 11 is 0. The molecule has 5 N–H and O–H groups in total. The van der Waals surface area contributed by atoms with Crippen LogP contribution in [0.25, 0.3) is 0 Å². The number of carbonyl (C=O) groups excluding carboxylic acids is 2. The molecular weight excluding hydrogens is 236 g/mol. The summed E-state index contributed by atoms with van der Waals surface area (Å²) < 4.78 is 0. The number of hydrogen-bond donors (Lipinski definition) is 4. The maximum atomic E-state index is 11.8. The Morgan fingerprint density at radius 2 is 2.00 bits per heavy atom. The van der Waals surface area contributed by atoms with Crippen LogP contribution < -0.4 is 16.4 Å². The summed E-state index contributed by atoms with van der Waals surface area (Å²) in [6, 6.07) is 0. The highest BCUT2D eigenvalue weighted by Crippen LogP contribution is 2.06. The average Bonchev–Trinajstić information content (AvgIpc) is 2.35. The normalized spacial score (nSPS) is 12.9. The lowest BCUT2D eigenvalue weighted by Gasteiger charge is -2.14. The minimum atomic E-state index is -0.644. The molecule has 0 rings (SSSR count). The Bertz CT molecular complexity index is 305. The highest BCUT2D eigenvalue weighted by molar-refractivity contribution is 6.02. The zero-order valence-corrected chi connectivity index (χ0v) is 10.9. The third-order valence-electron chi connectivity index (χ3n) is 2.39. The van der Waals surface area contributed by atoms with Gasteiger partial charge in [-0.15, -0.1) is 0 Å². The molecule has 0 aliphatic heterocycles. The van der Waals surface area contributed by atoms with Gasteiger partial charge >= 0.3 is 0 Å². The molecule has 2 amide bonds. The van der Waals surface area contributed by atoms with Crippen LogP contribution in [0.4, 0.5) is 0 Å². The van der Waals surface area contributed by atoms with Crippen molar-refractivity contribution in [3.63, 3.8) is 0 Å². The molecule has 18 heavy (non-hydrogen) atoms. The van der Waals surface area contributed by atoms with Crippen molar-refractivity contribution in [3.05, 3.63) is 0 Å². The van der Waals surface area contributed by atoms with Gasteiger partial charge in [-0.2, -0.15) is 0 Å². The summed E-state index contributed by atoms with van der Waals surface area (Å²) in [5, 5.41) is 16.7. The standard InChI is InChI=1S/C11H22N4O3/c1-3-5-8(10(12)15-18)11(17)14-7-6-9(16)13-4-2/h8,18H,3-7H2,1-2H3,(H2,12,15)(H,13,16)(H,14,17). The van der Waals surface area contributed by atoms with E-state index in [1.54, 1.807) is 0 Å². The van der Waals surface area contributed by atoms with Crippen LogP contribution in [0.2, 0.25) is 0 Å². The van der Waals surface area contributed by atoms with Crippen LogP contribution >= 0.6 is 0 Å². The molecule has 1 atom stereocenters. The summed E-state index contributed by atoms with van der Waals surface area (Å²) in [5.74, 6) is -1.19. The van der Waals surface area contributed by atoms with Gasteiger partial charge in [0.2, 0.25) is 11.8 Å². The monoisotopic (exact) mass is 258 g/mol. The van der Waals surface area contributed by atoms with Gasteiger partial charge in [0.25, 0.3) is 0 Å². The Balaban J connectivity index is 4.15. The second-order valence-electron chi connectivity index (χ2n) is 3.86. The van der Waals surface area contributed by atoms with Gasteiger partial charge in [0.1, 0.15) is 0 Å². The largest absolute Gasteiger partial charge is 0.409 e. The highest BCUT2D eigenvalue weighted by Gasteiger charge is 2.21. The fourth-order valence-corrected chi connectivity index (χ4v) is 1.48. The van der Waals surface area contributed by atoms with E-state index in [2.05, 4.69) is 15.8 Å². The quantitative estimate of drug-likeness (QED) is 0.208. The summed E-state index contributed by atoms with van der Waals surface area (Å²) in [5.41, 5.74) is 5.44. The topological polar surface area (TPSA) is 117 Å². The number of oxime groups is 1. The minimum absolute atomic E-state index is 0.104. The Kier molecular flexibility index (Phi) is 8.34. The van der Waals surface area contributed by atoms with Crippen LogP contribution in [0.1, 0.15) is 33.1 Å². The van der Waals surface area contributed by atoms with E-state index < -0.39 is 5.92 Å². The SMILES string of the molecule is CCCC(C(=O)NCCC(=O)NCC)C(N)=NO. The van der Waals surface area contributed by atoms with Crippen molar-refractivity contribution in [3.8, 4) is 0 Å². The smallest absolute Gasteiger partial charge is 0.230 e. The van der Waals surface area contributed by atoms with Gasteiger partial charge in [-0.1, -0.05) is 18.5 Å². The summed E-state index contributed by atoms with van der Waals surface area (Å²) in [6.45, 7) is 4.53. The van der Waals surface area contributed by atoms with Crippen molar-refractivity contribution >= 4 is 17.6 Å². The maximum absolute atomic E-state index is 11.8. The predicted molar refractivity (Wildman–Crippen MR) is 68.1 cm³/mol. The first-order chi connectivity index (χ1) is 8.56. The molecule has 0 aromatic carbocycles. The van der Waals surface area contributed by atoms with E-state index in [0.29, 0.717) is 13.0 Å². The Morgan fingerprint density at radius 1 is 1.33 bits per heavy atom. The molecule has 0 saturated carbocycles. The molecule has 0 spiro atoms. The number of hydrogen-bond acceptors (Lipinski definition) is 4. The number of amidine groups is 1. The maximum Gasteiger partial charge on any atom is 0.230 e. The van der Waals surface area contributed by atoms with Crippen LogP contribution in [-0.4, -0.2) is 35.9 Å². The first kappa shape index (κ1) is 16.2. The van der Waals surface area contributed by atoms with E-state index >= 15 is 0 Å². The van der Waals surface area contributed by atoms with Gasteiger partial charge in [0, 0.05) is 19.5 Å². The van der Waals surface area contributed by atoms with Crippen molar-refractivity contribution in [2.75, 3.05) is 13.1 Å².